The van der Waals surface area contributed by atoms with Crippen LogP contribution in [0.25, 0.3) is 10.4 Å². The van der Waals surface area contributed by atoms with E-state index in [2.05, 4.69) is 20.3 Å². The van der Waals surface area contributed by atoms with Crippen molar-refractivity contribution >= 4 is 28.9 Å². The number of thiazole rings is 1. The van der Waals surface area contributed by atoms with E-state index in [4.69, 9.17) is 5.11 Å². The summed E-state index contributed by atoms with van der Waals surface area (Å²) in [7, 11) is 0. The van der Waals surface area contributed by atoms with E-state index in [9.17, 15) is 23.1 Å². The van der Waals surface area contributed by atoms with Crippen molar-refractivity contribution in [3.63, 3.8) is 0 Å². The molecule has 3 aromatic rings. The number of aromatic nitrogens is 3. The van der Waals surface area contributed by atoms with Crippen LogP contribution < -0.4 is 5.32 Å². The van der Waals surface area contributed by atoms with Gasteiger partial charge in [0.2, 0.25) is 5.95 Å². The molecule has 34 heavy (non-hydrogen) atoms. The Kier molecular flexibility index (Phi) is 6.85. The second-order valence-electron chi connectivity index (χ2n) is 8.43. The monoisotopic (exact) mass is 492 g/mol. The number of aliphatic hydroxyl groups excluding tert-OH is 1. The number of rotatable bonds is 6. The Morgan fingerprint density at radius 2 is 1.91 bits per heavy atom. The van der Waals surface area contributed by atoms with Crippen LogP contribution in [0.1, 0.15) is 48.1 Å². The van der Waals surface area contributed by atoms with E-state index in [0.717, 1.165) is 28.3 Å². The van der Waals surface area contributed by atoms with Crippen molar-refractivity contribution in [1.29, 1.82) is 0 Å². The molecule has 0 saturated heterocycles. The molecule has 0 bridgehead atoms. The van der Waals surface area contributed by atoms with Crippen LogP contribution >= 0.6 is 11.3 Å². The second kappa shape index (κ2) is 9.67. The third-order valence-electron chi connectivity index (χ3n) is 5.91. The largest absolute Gasteiger partial charge is 0.481 e. The zero-order valence-electron chi connectivity index (χ0n) is 18.2. The average Bonchev–Trinajstić information content (AvgIpc) is 3.28. The third-order valence-corrected chi connectivity index (χ3v) is 7.03. The smallest absolute Gasteiger partial charge is 0.433 e. The van der Waals surface area contributed by atoms with Gasteiger partial charge >= 0.3 is 12.1 Å². The maximum Gasteiger partial charge on any atom is 0.433 e. The number of aliphatic hydroxyl groups is 1. The summed E-state index contributed by atoms with van der Waals surface area (Å²) < 4.78 is 38.8. The summed E-state index contributed by atoms with van der Waals surface area (Å²) in [5.41, 5.74) is 1.16. The highest BCUT2D eigenvalue weighted by Gasteiger charge is 2.33. The van der Waals surface area contributed by atoms with Crippen LogP contribution in [0.5, 0.6) is 0 Å². The molecule has 0 radical (unpaired) electrons. The van der Waals surface area contributed by atoms with Crippen LogP contribution in [-0.4, -0.2) is 31.1 Å². The Hall–Kier alpha value is -3.05. The number of carboxylic acid groups (broad SMARTS) is 1. The number of carboxylic acids is 1. The molecule has 0 spiro atoms. The van der Waals surface area contributed by atoms with Crippen molar-refractivity contribution in [2.45, 2.75) is 44.9 Å². The molecule has 1 aliphatic rings. The van der Waals surface area contributed by atoms with Crippen molar-refractivity contribution in [3.8, 4) is 10.4 Å². The molecule has 1 saturated carbocycles. The van der Waals surface area contributed by atoms with Crippen LogP contribution in [0.15, 0.2) is 36.7 Å². The summed E-state index contributed by atoms with van der Waals surface area (Å²) in [6, 6.07) is 6.26. The summed E-state index contributed by atoms with van der Waals surface area (Å²) in [5, 5.41) is 23.4. The molecule has 7 nitrogen and oxygen atoms in total. The molecule has 11 heteroatoms. The van der Waals surface area contributed by atoms with E-state index in [-0.39, 0.29) is 17.8 Å². The van der Waals surface area contributed by atoms with Gasteiger partial charge in [0.15, 0.2) is 0 Å². The summed E-state index contributed by atoms with van der Waals surface area (Å²) >= 11 is 1.34. The van der Waals surface area contributed by atoms with E-state index in [1.807, 2.05) is 13.0 Å². The average molecular weight is 493 g/mol. The fourth-order valence-corrected chi connectivity index (χ4v) is 5.13. The van der Waals surface area contributed by atoms with Gasteiger partial charge in [0, 0.05) is 18.1 Å². The van der Waals surface area contributed by atoms with Crippen LogP contribution in [0.4, 0.5) is 24.8 Å². The minimum Gasteiger partial charge on any atom is -0.481 e. The van der Waals surface area contributed by atoms with Gasteiger partial charge in [-0.05, 0) is 67.9 Å². The molecular weight excluding hydrogens is 469 g/mol. The number of aryl methyl sites for hydroxylation is 1. The number of nitrogens with one attached hydrogen (secondary N) is 1. The number of anilines is 2. The molecule has 0 aliphatic heterocycles. The number of carbonyl (C=O) groups is 1. The Morgan fingerprint density at radius 1 is 1.18 bits per heavy atom. The topological polar surface area (TPSA) is 108 Å². The molecule has 0 amide bonds. The summed E-state index contributed by atoms with van der Waals surface area (Å²) in [5.74, 6) is -1.34. The van der Waals surface area contributed by atoms with E-state index in [1.165, 1.54) is 11.3 Å². The molecule has 1 atom stereocenters. The zero-order chi connectivity index (χ0) is 24.5. The van der Waals surface area contributed by atoms with Gasteiger partial charge in [0.05, 0.1) is 10.8 Å². The van der Waals surface area contributed by atoms with Crippen molar-refractivity contribution < 1.29 is 28.2 Å². The highest BCUT2D eigenvalue weighted by molar-refractivity contribution is 7.15. The minimum absolute atomic E-state index is 0.0394. The van der Waals surface area contributed by atoms with Gasteiger partial charge in [-0.15, -0.1) is 11.3 Å². The molecule has 1 fully saturated rings. The van der Waals surface area contributed by atoms with Gasteiger partial charge in [-0.2, -0.15) is 13.2 Å². The standard InChI is InChI=1S/C23H23F3N4O3S/c1-12-8-15(10-16(9-12)29-22-27-7-6-18(30-22)23(24,25)26)17-11-28-20(34-17)19(31)13-2-4-14(5-3-13)21(32)33/h6-11,13-14,19,31H,2-5H2,1H3,(H,32,33)(H,27,29,30). The molecule has 1 aromatic carbocycles. The fraction of sp³-hybridized carbons (Fsp3) is 0.391. The number of hydrogen-bond donors (Lipinski definition) is 3. The number of halogens is 3. The van der Waals surface area contributed by atoms with Crippen LogP contribution in [0.2, 0.25) is 0 Å². The summed E-state index contributed by atoms with van der Waals surface area (Å²) in [4.78, 5) is 23.8. The lowest BCUT2D eigenvalue weighted by atomic mass is 9.79. The number of hydrogen-bond acceptors (Lipinski definition) is 7. The van der Waals surface area contributed by atoms with Crippen LogP contribution in [0, 0.1) is 18.8 Å². The number of alkyl halides is 3. The predicted molar refractivity (Wildman–Crippen MR) is 121 cm³/mol. The maximum absolute atomic E-state index is 12.9. The lowest BCUT2D eigenvalue weighted by Crippen LogP contribution is -2.24. The predicted octanol–water partition coefficient (Wildman–Crippen LogP) is 5.60. The van der Waals surface area contributed by atoms with Gasteiger partial charge in [0.1, 0.15) is 16.8 Å². The number of aliphatic carboxylic acids is 1. The van der Waals surface area contributed by atoms with Gasteiger partial charge in [-0.3, -0.25) is 4.79 Å². The lowest BCUT2D eigenvalue weighted by molar-refractivity contribution is -0.143. The van der Waals surface area contributed by atoms with Gasteiger partial charge in [0.25, 0.3) is 0 Å². The van der Waals surface area contributed by atoms with Gasteiger partial charge in [-0.25, -0.2) is 15.0 Å². The van der Waals surface area contributed by atoms with Crippen molar-refractivity contribution in [3.05, 3.63) is 52.9 Å². The van der Waals surface area contributed by atoms with E-state index in [0.29, 0.717) is 36.4 Å². The first-order chi connectivity index (χ1) is 16.1. The molecule has 1 unspecified atom stereocenters. The molecule has 4 rings (SSSR count). The number of benzene rings is 1. The molecule has 1 aliphatic carbocycles. The zero-order valence-corrected chi connectivity index (χ0v) is 19.0. The Bertz CT molecular complexity index is 1180. The van der Waals surface area contributed by atoms with Crippen molar-refractivity contribution in [2.24, 2.45) is 11.8 Å². The van der Waals surface area contributed by atoms with Crippen molar-refractivity contribution in [2.75, 3.05) is 5.32 Å². The third kappa shape index (κ3) is 5.53. The first-order valence-corrected chi connectivity index (χ1v) is 11.6. The Labute approximate surface area is 197 Å². The highest BCUT2D eigenvalue weighted by atomic mass is 32.1. The highest BCUT2D eigenvalue weighted by Crippen LogP contribution is 2.40. The first-order valence-electron chi connectivity index (χ1n) is 10.8. The Morgan fingerprint density at radius 3 is 2.59 bits per heavy atom. The second-order valence-corrected chi connectivity index (χ2v) is 9.50. The fourth-order valence-electron chi connectivity index (χ4n) is 4.14. The molecule has 2 aromatic heterocycles. The molecule has 180 valence electrons. The van der Waals surface area contributed by atoms with E-state index < -0.39 is 23.9 Å². The quantitative estimate of drug-likeness (QED) is 0.411. The van der Waals surface area contributed by atoms with Gasteiger partial charge in [-0.1, -0.05) is 6.07 Å². The normalized spacial score (nSPS) is 19.6. The summed E-state index contributed by atoms with van der Waals surface area (Å²) in [6.45, 7) is 1.86. The van der Waals surface area contributed by atoms with Crippen molar-refractivity contribution in [1.82, 2.24) is 15.0 Å². The lowest BCUT2D eigenvalue weighted by Gasteiger charge is -2.28. The molecule has 3 N–H and O–H groups in total. The first kappa shape index (κ1) is 24.1. The molecule has 2 heterocycles. The minimum atomic E-state index is -4.57. The number of nitrogens with zero attached hydrogens (tertiary/aromatic N) is 3. The van der Waals surface area contributed by atoms with E-state index >= 15 is 0 Å². The van der Waals surface area contributed by atoms with E-state index in [1.54, 1.807) is 18.3 Å². The Balaban J connectivity index is 1.50. The summed E-state index contributed by atoms with van der Waals surface area (Å²) in [6.07, 6.45) is -0.287. The molecular formula is C23H23F3N4O3S. The van der Waals surface area contributed by atoms with Crippen LogP contribution in [0.3, 0.4) is 0 Å². The SMILES string of the molecule is Cc1cc(Nc2nccc(C(F)(F)F)n2)cc(-c2cnc(C(O)C3CCC(C(=O)O)CC3)s2)c1. The van der Waals surface area contributed by atoms with Gasteiger partial charge < -0.3 is 15.5 Å². The maximum atomic E-state index is 12.9. The van der Waals surface area contributed by atoms with Crippen LogP contribution in [-0.2, 0) is 11.0 Å².